The maximum Gasteiger partial charge on any atom is 0.263 e. The van der Waals surface area contributed by atoms with Crippen LogP contribution >= 0.6 is 11.6 Å². The second-order valence-corrected chi connectivity index (χ2v) is 6.55. The molecule has 5 nitrogen and oxygen atoms in total. The van der Waals surface area contributed by atoms with E-state index in [1.807, 2.05) is 0 Å². The maximum absolute atomic E-state index is 12.3. The van der Waals surface area contributed by atoms with Crippen molar-refractivity contribution in [3.8, 4) is 0 Å². The lowest BCUT2D eigenvalue weighted by molar-refractivity contribution is 0.299. The first-order valence-corrected chi connectivity index (χ1v) is 8.06. The number of hydrogen-bond donors (Lipinski definition) is 3. The molecule has 0 fully saturated rings. The number of hydrogen-bond acceptors (Lipinski definition) is 4. The van der Waals surface area contributed by atoms with Gasteiger partial charge in [-0.3, -0.25) is 4.72 Å². The van der Waals surface area contributed by atoms with Crippen molar-refractivity contribution in [1.29, 1.82) is 0 Å². The summed E-state index contributed by atoms with van der Waals surface area (Å²) in [4.78, 5) is -0.0607. The summed E-state index contributed by atoms with van der Waals surface area (Å²) >= 11 is 5.81. The Labute approximate surface area is 128 Å². The van der Waals surface area contributed by atoms with E-state index >= 15 is 0 Å². The van der Waals surface area contributed by atoms with Crippen LogP contribution in [-0.4, -0.2) is 20.1 Å². The fraction of sp³-hybridized carbons (Fsp3) is 0.143. The highest BCUT2D eigenvalue weighted by atomic mass is 35.5. The van der Waals surface area contributed by atoms with E-state index in [-0.39, 0.29) is 17.2 Å². The summed E-state index contributed by atoms with van der Waals surface area (Å²) in [7, 11) is -3.80. The molecule has 0 spiro atoms. The van der Waals surface area contributed by atoms with Crippen LogP contribution in [-0.2, 0) is 16.4 Å². The van der Waals surface area contributed by atoms with Crippen LogP contribution in [0.25, 0.3) is 0 Å². The van der Waals surface area contributed by atoms with Gasteiger partial charge < -0.3 is 10.8 Å². The molecule has 21 heavy (non-hydrogen) atoms. The third-order valence-corrected chi connectivity index (χ3v) is 4.54. The molecule has 0 aromatic heterocycles. The van der Waals surface area contributed by atoms with E-state index in [1.165, 1.54) is 18.2 Å². The molecular weight excluding hydrogens is 312 g/mol. The number of halogens is 1. The van der Waals surface area contributed by atoms with Gasteiger partial charge in [-0.1, -0.05) is 23.7 Å². The molecule has 0 aliphatic rings. The largest absolute Gasteiger partial charge is 0.398 e. The predicted molar refractivity (Wildman–Crippen MR) is 83.9 cm³/mol. The van der Waals surface area contributed by atoms with Crippen LogP contribution in [0.15, 0.2) is 47.4 Å². The number of aliphatic hydroxyl groups is 1. The topological polar surface area (TPSA) is 92.4 Å². The average molecular weight is 327 g/mol. The van der Waals surface area contributed by atoms with Crippen molar-refractivity contribution >= 4 is 33.0 Å². The zero-order valence-electron chi connectivity index (χ0n) is 11.1. The number of benzene rings is 2. The van der Waals surface area contributed by atoms with Crippen molar-refractivity contribution in [2.24, 2.45) is 0 Å². The highest BCUT2D eigenvalue weighted by Crippen LogP contribution is 2.25. The van der Waals surface area contributed by atoms with Gasteiger partial charge in [-0.05, 0) is 42.3 Å². The van der Waals surface area contributed by atoms with Crippen molar-refractivity contribution in [3.05, 3.63) is 53.1 Å². The molecule has 0 radical (unpaired) electrons. The summed E-state index contributed by atoms with van der Waals surface area (Å²) in [6.45, 7) is 0.0458. The molecule has 0 saturated carbocycles. The molecule has 4 N–H and O–H groups in total. The summed E-state index contributed by atoms with van der Waals surface area (Å²) in [6.07, 6.45) is 0.522. The van der Waals surface area contributed by atoms with Crippen LogP contribution in [0.5, 0.6) is 0 Å². The molecule has 0 unspecified atom stereocenters. The number of nitrogens with one attached hydrogen (secondary N) is 1. The molecule has 0 aliphatic heterocycles. The number of aliphatic hydroxyl groups excluding tert-OH is 1. The highest BCUT2D eigenvalue weighted by molar-refractivity contribution is 7.92. The van der Waals surface area contributed by atoms with E-state index in [1.54, 1.807) is 24.3 Å². The van der Waals surface area contributed by atoms with Crippen molar-refractivity contribution in [2.45, 2.75) is 11.3 Å². The van der Waals surface area contributed by atoms with Gasteiger partial charge in [0.2, 0.25) is 0 Å². The molecule has 2 aromatic rings. The molecule has 0 amide bonds. The Morgan fingerprint density at radius 3 is 2.43 bits per heavy atom. The Hall–Kier alpha value is -1.76. The Balaban J connectivity index is 2.26. The smallest absolute Gasteiger partial charge is 0.263 e. The summed E-state index contributed by atoms with van der Waals surface area (Å²) in [5, 5.41) is 9.14. The number of nitrogens with two attached hydrogens (primary N) is 1. The molecule has 0 atom stereocenters. The Morgan fingerprint density at radius 1 is 1.14 bits per heavy atom. The molecule has 2 aromatic carbocycles. The Morgan fingerprint density at radius 2 is 1.81 bits per heavy atom. The molecule has 0 heterocycles. The third kappa shape index (κ3) is 3.87. The van der Waals surface area contributed by atoms with Gasteiger partial charge in [-0.15, -0.1) is 0 Å². The van der Waals surface area contributed by atoms with E-state index in [2.05, 4.69) is 4.72 Å². The van der Waals surface area contributed by atoms with Crippen molar-refractivity contribution in [3.63, 3.8) is 0 Å². The lowest BCUT2D eigenvalue weighted by Crippen LogP contribution is -2.14. The first-order valence-electron chi connectivity index (χ1n) is 6.20. The molecular formula is C14H15ClN2O3S. The standard InChI is InChI=1S/C14H15ClN2O3S/c15-11-3-6-13(16)14(9-11)21(19,20)17-12-4-1-10(2-5-12)7-8-18/h1-6,9,17-18H,7-8,16H2. The van der Waals surface area contributed by atoms with Crippen LogP contribution in [0.2, 0.25) is 5.02 Å². The van der Waals surface area contributed by atoms with Gasteiger partial charge in [0.15, 0.2) is 0 Å². The first kappa shape index (κ1) is 15.6. The second kappa shape index (κ2) is 6.34. The molecule has 112 valence electrons. The monoisotopic (exact) mass is 326 g/mol. The molecule has 0 bridgehead atoms. The zero-order valence-corrected chi connectivity index (χ0v) is 12.7. The molecule has 0 saturated heterocycles. The van der Waals surface area contributed by atoms with Gasteiger partial charge in [-0.25, -0.2) is 8.42 Å². The van der Waals surface area contributed by atoms with Crippen LogP contribution in [0.3, 0.4) is 0 Å². The quantitative estimate of drug-likeness (QED) is 0.735. The normalized spacial score (nSPS) is 11.3. The zero-order chi connectivity index (χ0) is 15.5. The van der Waals surface area contributed by atoms with Gasteiger partial charge in [0, 0.05) is 17.3 Å². The minimum Gasteiger partial charge on any atom is -0.398 e. The van der Waals surface area contributed by atoms with E-state index in [0.29, 0.717) is 17.1 Å². The third-order valence-electron chi connectivity index (χ3n) is 2.87. The second-order valence-electron chi connectivity index (χ2n) is 4.46. The number of nitrogen functional groups attached to an aromatic ring is 1. The van der Waals surface area contributed by atoms with Crippen molar-refractivity contribution in [2.75, 3.05) is 17.1 Å². The SMILES string of the molecule is Nc1ccc(Cl)cc1S(=O)(=O)Nc1ccc(CCO)cc1. The predicted octanol–water partition coefficient (Wildman–Crippen LogP) is 2.26. The van der Waals surface area contributed by atoms with Crippen molar-refractivity contribution in [1.82, 2.24) is 0 Å². The average Bonchev–Trinajstić information content (AvgIpc) is 2.43. The maximum atomic E-state index is 12.3. The van der Waals surface area contributed by atoms with Crippen LogP contribution in [0.4, 0.5) is 11.4 Å². The molecule has 2 rings (SSSR count). The minimum atomic E-state index is -3.80. The number of sulfonamides is 1. The number of rotatable bonds is 5. The lowest BCUT2D eigenvalue weighted by Gasteiger charge is -2.11. The highest BCUT2D eigenvalue weighted by Gasteiger charge is 2.18. The fourth-order valence-electron chi connectivity index (χ4n) is 1.82. The van der Waals surface area contributed by atoms with Gasteiger partial charge in [-0.2, -0.15) is 0 Å². The lowest BCUT2D eigenvalue weighted by atomic mass is 10.1. The molecule has 0 aliphatic carbocycles. The van der Waals surface area contributed by atoms with E-state index in [9.17, 15) is 8.42 Å². The van der Waals surface area contributed by atoms with E-state index in [4.69, 9.17) is 22.4 Å². The van der Waals surface area contributed by atoms with E-state index in [0.717, 1.165) is 5.56 Å². The summed E-state index contributed by atoms with van der Waals surface area (Å²) < 4.78 is 27.0. The first-order chi connectivity index (χ1) is 9.92. The molecule has 7 heteroatoms. The number of anilines is 2. The Bertz CT molecular complexity index is 730. The van der Waals surface area contributed by atoms with Crippen molar-refractivity contribution < 1.29 is 13.5 Å². The minimum absolute atomic E-state index is 0.0458. The van der Waals surface area contributed by atoms with Crippen LogP contribution in [0, 0.1) is 0 Å². The van der Waals surface area contributed by atoms with Crippen LogP contribution < -0.4 is 10.5 Å². The Kier molecular flexibility index (Phi) is 4.72. The van der Waals surface area contributed by atoms with Gasteiger partial charge in [0.25, 0.3) is 10.0 Å². The van der Waals surface area contributed by atoms with Gasteiger partial charge in [0.1, 0.15) is 4.90 Å². The van der Waals surface area contributed by atoms with E-state index < -0.39 is 10.0 Å². The fourth-order valence-corrected chi connectivity index (χ4v) is 3.27. The van der Waals surface area contributed by atoms with Gasteiger partial charge in [0.05, 0.1) is 5.69 Å². The van der Waals surface area contributed by atoms with Crippen LogP contribution in [0.1, 0.15) is 5.56 Å². The summed E-state index contributed by atoms with van der Waals surface area (Å²) in [5.74, 6) is 0. The van der Waals surface area contributed by atoms with Gasteiger partial charge >= 0.3 is 0 Å². The summed E-state index contributed by atoms with van der Waals surface area (Å²) in [6, 6.07) is 11.0. The summed E-state index contributed by atoms with van der Waals surface area (Å²) in [5.41, 5.74) is 7.15.